The van der Waals surface area contributed by atoms with Crippen LogP contribution in [0.25, 0.3) is 0 Å². The van der Waals surface area contributed by atoms with E-state index in [0.717, 1.165) is 18.4 Å². The molecule has 4 nitrogen and oxygen atoms in total. The number of nitrogens with zero attached hydrogens (tertiary/aromatic N) is 1. The highest BCUT2D eigenvalue weighted by atomic mass is 16.5. The van der Waals surface area contributed by atoms with E-state index >= 15 is 0 Å². The zero-order valence-electron chi connectivity index (χ0n) is 11.2. The summed E-state index contributed by atoms with van der Waals surface area (Å²) in [4.78, 5) is 25.8. The molecule has 2 atom stereocenters. The van der Waals surface area contributed by atoms with Gasteiger partial charge in [-0.05, 0) is 30.9 Å². The highest BCUT2D eigenvalue weighted by Gasteiger charge is 2.41. The lowest BCUT2D eigenvalue weighted by molar-refractivity contribution is -0.154. The number of carbonyl (C=O) groups excluding carboxylic acids is 2. The second kappa shape index (κ2) is 5.49. The summed E-state index contributed by atoms with van der Waals surface area (Å²) in [5.74, 6) is -0.361. The molecule has 2 heterocycles. The van der Waals surface area contributed by atoms with Gasteiger partial charge in [0.2, 0.25) is 5.91 Å². The molecule has 3 rings (SSSR count). The molecule has 104 valence electrons. The minimum absolute atomic E-state index is 0.0691. The minimum Gasteiger partial charge on any atom is -0.459 e. The number of ether oxygens (including phenoxy) is 1. The van der Waals surface area contributed by atoms with Crippen LogP contribution in [-0.2, 0) is 20.9 Å². The number of esters is 1. The van der Waals surface area contributed by atoms with Gasteiger partial charge in [-0.3, -0.25) is 4.79 Å². The Morgan fingerprint density at radius 3 is 2.85 bits per heavy atom. The molecule has 1 aromatic carbocycles. The summed E-state index contributed by atoms with van der Waals surface area (Å²) in [6.45, 7) is 0.263. The van der Waals surface area contributed by atoms with Crippen LogP contribution in [0.5, 0.6) is 0 Å². The van der Waals surface area contributed by atoms with Crippen molar-refractivity contribution in [2.75, 3.05) is 0 Å². The summed E-state index contributed by atoms with van der Waals surface area (Å²) in [5.41, 5.74) is 0.959. The van der Waals surface area contributed by atoms with Crippen LogP contribution in [0, 0.1) is 0 Å². The van der Waals surface area contributed by atoms with Crippen LogP contribution in [0.2, 0.25) is 0 Å². The van der Waals surface area contributed by atoms with Gasteiger partial charge >= 0.3 is 5.97 Å². The molecule has 0 unspecified atom stereocenters. The Balaban J connectivity index is 1.63. The predicted molar refractivity (Wildman–Crippen MR) is 73.7 cm³/mol. The molecule has 0 aliphatic carbocycles. The van der Waals surface area contributed by atoms with Crippen LogP contribution in [0.4, 0.5) is 0 Å². The second-order valence-corrected chi connectivity index (χ2v) is 5.22. The van der Waals surface area contributed by atoms with Crippen LogP contribution in [0.15, 0.2) is 42.5 Å². The van der Waals surface area contributed by atoms with Crippen molar-refractivity contribution in [3.8, 4) is 0 Å². The monoisotopic (exact) mass is 271 g/mol. The first-order chi connectivity index (χ1) is 9.75. The first-order valence-corrected chi connectivity index (χ1v) is 6.95. The van der Waals surface area contributed by atoms with Gasteiger partial charge in [-0.2, -0.15) is 0 Å². The van der Waals surface area contributed by atoms with Crippen LogP contribution in [0.3, 0.4) is 0 Å². The number of benzene rings is 1. The third-order valence-electron chi connectivity index (χ3n) is 3.92. The van der Waals surface area contributed by atoms with Crippen molar-refractivity contribution in [1.82, 2.24) is 4.90 Å². The normalized spacial score (nSPS) is 24.6. The molecule has 20 heavy (non-hydrogen) atoms. The van der Waals surface area contributed by atoms with E-state index in [4.69, 9.17) is 4.74 Å². The fraction of sp³-hybridized carbons (Fsp3) is 0.375. The number of fused-ring (bicyclic) bond motifs is 1. The van der Waals surface area contributed by atoms with E-state index in [1.165, 1.54) is 0 Å². The summed E-state index contributed by atoms with van der Waals surface area (Å²) in [7, 11) is 0. The van der Waals surface area contributed by atoms with E-state index in [9.17, 15) is 9.59 Å². The maximum Gasteiger partial charge on any atom is 0.329 e. The zero-order valence-corrected chi connectivity index (χ0v) is 11.2. The Bertz CT molecular complexity index is 538. The minimum atomic E-state index is -0.416. The van der Waals surface area contributed by atoms with Gasteiger partial charge in [0.05, 0.1) is 0 Å². The summed E-state index contributed by atoms with van der Waals surface area (Å²) in [6, 6.07) is 9.33. The standard InChI is InChI=1S/C16H17NO3/c18-15-8-4-7-13-9-10-14(17(13)15)16(19)20-11-12-5-2-1-3-6-12/h1-6,8,13-14H,7,9-11H2/t13-,14-/m0/s1. The van der Waals surface area contributed by atoms with Gasteiger partial charge < -0.3 is 9.64 Å². The highest BCUT2D eigenvalue weighted by molar-refractivity contribution is 5.93. The van der Waals surface area contributed by atoms with Crippen LogP contribution in [0.1, 0.15) is 24.8 Å². The number of hydrogen-bond acceptors (Lipinski definition) is 3. The van der Waals surface area contributed by atoms with Gasteiger partial charge in [-0.1, -0.05) is 36.4 Å². The van der Waals surface area contributed by atoms with E-state index in [-0.39, 0.29) is 24.5 Å². The molecule has 0 aromatic heterocycles. The summed E-state index contributed by atoms with van der Waals surface area (Å²) in [5, 5.41) is 0. The van der Waals surface area contributed by atoms with Gasteiger partial charge in [-0.15, -0.1) is 0 Å². The van der Waals surface area contributed by atoms with E-state index in [1.54, 1.807) is 11.0 Å². The zero-order chi connectivity index (χ0) is 13.9. The molecule has 0 N–H and O–H groups in total. The van der Waals surface area contributed by atoms with E-state index < -0.39 is 6.04 Å². The molecule has 2 aliphatic heterocycles. The number of rotatable bonds is 3. The number of carbonyl (C=O) groups is 2. The van der Waals surface area contributed by atoms with Crippen molar-refractivity contribution in [3.05, 3.63) is 48.0 Å². The molecule has 2 aliphatic rings. The maximum absolute atomic E-state index is 12.2. The Kier molecular flexibility index (Phi) is 3.54. The van der Waals surface area contributed by atoms with Gasteiger partial charge in [0.15, 0.2) is 0 Å². The first-order valence-electron chi connectivity index (χ1n) is 6.95. The lowest BCUT2D eigenvalue weighted by atomic mass is 10.1. The molecule has 0 bridgehead atoms. The summed E-state index contributed by atoms with van der Waals surface area (Å²) < 4.78 is 5.35. The van der Waals surface area contributed by atoms with E-state index in [0.29, 0.717) is 6.42 Å². The Labute approximate surface area is 118 Å². The molecule has 0 saturated carbocycles. The predicted octanol–water partition coefficient (Wildman–Crippen LogP) is 2.05. The third kappa shape index (κ3) is 2.46. The summed E-state index contributed by atoms with van der Waals surface area (Å²) in [6.07, 6.45) is 5.86. The van der Waals surface area contributed by atoms with Crippen molar-refractivity contribution in [3.63, 3.8) is 0 Å². The third-order valence-corrected chi connectivity index (χ3v) is 3.92. The van der Waals surface area contributed by atoms with Crippen molar-refractivity contribution in [2.24, 2.45) is 0 Å². The topological polar surface area (TPSA) is 46.6 Å². The molecular formula is C16H17NO3. The van der Waals surface area contributed by atoms with Crippen LogP contribution < -0.4 is 0 Å². The highest BCUT2D eigenvalue weighted by Crippen LogP contribution is 2.30. The van der Waals surface area contributed by atoms with E-state index in [1.807, 2.05) is 36.4 Å². The van der Waals surface area contributed by atoms with E-state index in [2.05, 4.69) is 0 Å². The van der Waals surface area contributed by atoms with Crippen LogP contribution in [-0.4, -0.2) is 28.9 Å². The first kappa shape index (κ1) is 12.9. The van der Waals surface area contributed by atoms with Crippen molar-refractivity contribution < 1.29 is 14.3 Å². The van der Waals surface area contributed by atoms with Crippen molar-refractivity contribution >= 4 is 11.9 Å². The SMILES string of the molecule is O=C(OCc1ccccc1)[C@@H]1CC[C@@H]2CC=CC(=O)N21. The van der Waals surface area contributed by atoms with Crippen LogP contribution >= 0.6 is 0 Å². The fourth-order valence-corrected chi connectivity index (χ4v) is 2.92. The largest absolute Gasteiger partial charge is 0.459 e. The Morgan fingerprint density at radius 1 is 1.25 bits per heavy atom. The second-order valence-electron chi connectivity index (χ2n) is 5.22. The number of hydrogen-bond donors (Lipinski definition) is 0. The molecular weight excluding hydrogens is 254 g/mol. The quantitative estimate of drug-likeness (QED) is 0.790. The smallest absolute Gasteiger partial charge is 0.329 e. The molecule has 1 fully saturated rings. The molecule has 1 aromatic rings. The maximum atomic E-state index is 12.2. The lowest BCUT2D eigenvalue weighted by Gasteiger charge is -2.30. The van der Waals surface area contributed by atoms with Gasteiger partial charge in [0.1, 0.15) is 12.6 Å². The molecule has 0 spiro atoms. The molecule has 1 amide bonds. The molecule has 4 heteroatoms. The van der Waals surface area contributed by atoms with Gasteiger partial charge in [0.25, 0.3) is 0 Å². The Morgan fingerprint density at radius 2 is 2.05 bits per heavy atom. The number of amides is 1. The fourth-order valence-electron chi connectivity index (χ4n) is 2.92. The van der Waals surface area contributed by atoms with Gasteiger partial charge in [-0.25, -0.2) is 4.79 Å². The summed E-state index contributed by atoms with van der Waals surface area (Å²) >= 11 is 0. The van der Waals surface area contributed by atoms with Crippen molar-refractivity contribution in [1.29, 1.82) is 0 Å². The molecule has 1 saturated heterocycles. The average molecular weight is 271 g/mol. The van der Waals surface area contributed by atoms with Gasteiger partial charge in [0, 0.05) is 6.04 Å². The molecule has 0 radical (unpaired) electrons. The Hall–Kier alpha value is -2.10. The average Bonchev–Trinajstić information content (AvgIpc) is 2.91. The van der Waals surface area contributed by atoms with Crippen molar-refractivity contribution in [2.45, 2.75) is 38.0 Å². The lowest BCUT2D eigenvalue weighted by Crippen LogP contribution is -2.46.